The van der Waals surface area contributed by atoms with Gasteiger partial charge in [0.1, 0.15) is 5.52 Å². The number of nitrogens with zero attached hydrogens (tertiary/aromatic N) is 1. The summed E-state index contributed by atoms with van der Waals surface area (Å²) in [5.74, 6) is 0. The second-order valence-corrected chi connectivity index (χ2v) is 5.46. The van der Waals surface area contributed by atoms with Gasteiger partial charge in [0.25, 0.3) is 6.01 Å². The molecule has 1 saturated carbocycles. The minimum atomic E-state index is -0.0142. The monoisotopic (exact) mass is 261 g/mol. The van der Waals surface area contributed by atoms with Crippen LogP contribution in [0.5, 0.6) is 0 Å². The van der Waals surface area contributed by atoms with Crippen molar-refractivity contribution < 1.29 is 9.52 Å². The molecule has 1 aromatic carbocycles. The highest BCUT2D eigenvalue weighted by atomic mass is 16.4. The number of hydrogen-bond donors (Lipinski definition) is 3. The van der Waals surface area contributed by atoms with Crippen molar-refractivity contribution in [3.63, 3.8) is 0 Å². The number of nitrogens with two attached hydrogens (primary N) is 1. The highest BCUT2D eigenvalue weighted by molar-refractivity contribution is 5.78. The molecule has 1 aliphatic rings. The van der Waals surface area contributed by atoms with Gasteiger partial charge in [-0.25, -0.2) is 0 Å². The van der Waals surface area contributed by atoms with Crippen LogP contribution in [0.2, 0.25) is 0 Å². The number of oxazole rings is 1. The molecule has 5 heteroatoms. The molecule has 0 bridgehead atoms. The standard InChI is InChI=1S/C14H19N3O2/c15-10-3-4-12-11(7-10)17-13(19-12)16-8-14(9-18)5-1-2-6-14/h3-4,7,18H,1-2,5-6,8-9,15H2,(H,16,17). The Morgan fingerprint density at radius 1 is 1.37 bits per heavy atom. The van der Waals surface area contributed by atoms with Crippen molar-refractivity contribution in [2.45, 2.75) is 25.7 Å². The lowest BCUT2D eigenvalue weighted by Gasteiger charge is -2.25. The Bertz CT molecular complexity index is 573. The van der Waals surface area contributed by atoms with Crippen LogP contribution in [0.15, 0.2) is 22.6 Å². The number of aliphatic hydroxyl groups is 1. The molecule has 0 atom stereocenters. The predicted molar refractivity (Wildman–Crippen MR) is 74.9 cm³/mol. The Morgan fingerprint density at radius 2 is 2.16 bits per heavy atom. The van der Waals surface area contributed by atoms with Crippen molar-refractivity contribution in [2.75, 3.05) is 24.2 Å². The minimum Gasteiger partial charge on any atom is -0.424 e. The van der Waals surface area contributed by atoms with Gasteiger partial charge in [-0.1, -0.05) is 12.8 Å². The fourth-order valence-electron chi connectivity index (χ4n) is 2.80. The third-order valence-electron chi connectivity index (χ3n) is 4.03. The van der Waals surface area contributed by atoms with Crippen LogP contribution in [-0.4, -0.2) is 23.2 Å². The molecule has 0 radical (unpaired) electrons. The quantitative estimate of drug-likeness (QED) is 0.736. The summed E-state index contributed by atoms with van der Waals surface area (Å²) in [7, 11) is 0. The van der Waals surface area contributed by atoms with Crippen LogP contribution in [0, 0.1) is 5.41 Å². The molecule has 1 heterocycles. The molecule has 5 nitrogen and oxygen atoms in total. The molecule has 19 heavy (non-hydrogen) atoms. The van der Waals surface area contributed by atoms with Crippen molar-refractivity contribution >= 4 is 22.8 Å². The van der Waals surface area contributed by atoms with Gasteiger partial charge in [0.2, 0.25) is 0 Å². The van der Waals surface area contributed by atoms with E-state index in [-0.39, 0.29) is 12.0 Å². The first kappa shape index (κ1) is 12.3. The molecule has 2 aromatic rings. The maximum atomic E-state index is 9.56. The van der Waals surface area contributed by atoms with Crippen LogP contribution in [0.1, 0.15) is 25.7 Å². The van der Waals surface area contributed by atoms with Crippen LogP contribution in [-0.2, 0) is 0 Å². The Kier molecular flexibility index (Phi) is 3.06. The highest BCUT2D eigenvalue weighted by Crippen LogP contribution is 2.37. The smallest absolute Gasteiger partial charge is 0.295 e. The number of rotatable bonds is 4. The van der Waals surface area contributed by atoms with Crippen LogP contribution >= 0.6 is 0 Å². The fourth-order valence-corrected chi connectivity index (χ4v) is 2.80. The fraction of sp³-hybridized carbons (Fsp3) is 0.500. The van der Waals surface area contributed by atoms with Crippen molar-refractivity contribution in [1.29, 1.82) is 0 Å². The Labute approximate surface area is 111 Å². The van der Waals surface area contributed by atoms with Crippen molar-refractivity contribution in [2.24, 2.45) is 5.41 Å². The van der Waals surface area contributed by atoms with Gasteiger partial charge in [-0.3, -0.25) is 0 Å². The zero-order chi connectivity index (χ0) is 13.3. The Morgan fingerprint density at radius 3 is 2.89 bits per heavy atom. The third kappa shape index (κ3) is 2.38. The van der Waals surface area contributed by atoms with Gasteiger partial charge in [0.15, 0.2) is 5.58 Å². The molecule has 0 spiro atoms. The summed E-state index contributed by atoms with van der Waals surface area (Å²) in [6, 6.07) is 5.91. The predicted octanol–water partition coefficient (Wildman–Crippen LogP) is 2.37. The van der Waals surface area contributed by atoms with Crippen LogP contribution in [0.3, 0.4) is 0 Å². The van der Waals surface area contributed by atoms with Gasteiger partial charge in [0, 0.05) is 17.6 Å². The van der Waals surface area contributed by atoms with E-state index in [2.05, 4.69) is 10.3 Å². The van der Waals surface area contributed by atoms with E-state index >= 15 is 0 Å². The molecule has 3 rings (SSSR count). The van der Waals surface area contributed by atoms with Crippen LogP contribution in [0.4, 0.5) is 11.7 Å². The summed E-state index contributed by atoms with van der Waals surface area (Å²) < 4.78 is 5.61. The van der Waals surface area contributed by atoms with Crippen molar-refractivity contribution in [1.82, 2.24) is 4.98 Å². The molecule has 1 fully saturated rings. The molecular formula is C14H19N3O2. The first-order chi connectivity index (χ1) is 9.21. The zero-order valence-corrected chi connectivity index (χ0v) is 10.9. The van der Waals surface area contributed by atoms with Gasteiger partial charge >= 0.3 is 0 Å². The molecule has 102 valence electrons. The van der Waals surface area contributed by atoms with E-state index in [1.165, 1.54) is 12.8 Å². The Hall–Kier alpha value is -1.75. The minimum absolute atomic E-state index is 0.0142. The number of aromatic nitrogens is 1. The van der Waals surface area contributed by atoms with Gasteiger partial charge in [0.05, 0.1) is 6.61 Å². The maximum Gasteiger partial charge on any atom is 0.295 e. The lowest BCUT2D eigenvalue weighted by Crippen LogP contribution is -2.30. The number of anilines is 2. The van der Waals surface area contributed by atoms with E-state index < -0.39 is 0 Å². The molecule has 0 unspecified atom stereocenters. The van der Waals surface area contributed by atoms with Gasteiger partial charge in [-0.15, -0.1) is 0 Å². The van der Waals surface area contributed by atoms with E-state index in [9.17, 15) is 5.11 Å². The topological polar surface area (TPSA) is 84.3 Å². The number of nitrogens with one attached hydrogen (secondary N) is 1. The third-order valence-corrected chi connectivity index (χ3v) is 4.03. The van der Waals surface area contributed by atoms with Gasteiger partial charge in [-0.05, 0) is 31.0 Å². The zero-order valence-electron chi connectivity index (χ0n) is 10.9. The van der Waals surface area contributed by atoms with Crippen molar-refractivity contribution in [3.8, 4) is 0 Å². The summed E-state index contributed by atoms with van der Waals surface area (Å²) in [6.45, 7) is 0.916. The first-order valence-electron chi connectivity index (χ1n) is 6.72. The summed E-state index contributed by atoms with van der Waals surface area (Å²) in [4.78, 5) is 4.36. The second-order valence-electron chi connectivity index (χ2n) is 5.46. The second kappa shape index (κ2) is 4.74. The molecule has 4 N–H and O–H groups in total. The Balaban J connectivity index is 1.74. The first-order valence-corrected chi connectivity index (χ1v) is 6.72. The molecular weight excluding hydrogens is 242 g/mol. The molecule has 0 amide bonds. The number of nitrogen functional groups attached to an aromatic ring is 1. The summed E-state index contributed by atoms with van der Waals surface area (Å²) >= 11 is 0. The largest absolute Gasteiger partial charge is 0.424 e. The lowest BCUT2D eigenvalue weighted by molar-refractivity contribution is 0.142. The number of aliphatic hydroxyl groups excluding tert-OH is 1. The number of fused-ring (bicyclic) bond motifs is 1. The molecule has 1 aromatic heterocycles. The number of benzene rings is 1. The van der Waals surface area contributed by atoms with Crippen LogP contribution < -0.4 is 11.1 Å². The molecule has 0 aliphatic heterocycles. The maximum absolute atomic E-state index is 9.56. The average Bonchev–Trinajstić information content (AvgIpc) is 3.02. The van der Waals surface area contributed by atoms with Gasteiger partial charge in [-0.2, -0.15) is 4.98 Å². The highest BCUT2D eigenvalue weighted by Gasteiger charge is 2.33. The lowest BCUT2D eigenvalue weighted by atomic mass is 9.87. The van der Waals surface area contributed by atoms with Crippen molar-refractivity contribution in [3.05, 3.63) is 18.2 Å². The average molecular weight is 261 g/mol. The summed E-state index contributed by atoms with van der Waals surface area (Å²) in [6.07, 6.45) is 4.49. The summed E-state index contributed by atoms with van der Waals surface area (Å²) in [5.41, 5.74) is 7.86. The van der Waals surface area contributed by atoms with E-state index in [0.717, 1.165) is 23.9 Å². The molecule has 0 saturated heterocycles. The SMILES string of the molecule is Nc1ccc2oc(NCC3(CO)CCCC3)nc2c1. The van der Waals surface area contributed by atoms with E-state index in [1.807, 2.05) is 6.07 Å². The van der Waals surface area contributed by atoms with E-state index in [4.69, 9.17) is 10.2 Å². The van der Waals surface area contributed by atoms with Crippen LogP contribution in [0.25, 0.3) is 11.1 Å². The van der Waals surface area contributed by atoms with Gasteiger partial charge < -0.3 is 20.6 Å². The number of hydrogen-bond acceptors (Lipinski definition) is 5. The molecule has 1 aliphatic carbocycles. The van der Waals surface area contributed by atoms with E-state index in [0.29, 0.717) is 18.2 Å². The van der Waals surface area contributed by atoms with E-state index in [1.54, 1.807) is 12.1 Å². The summed E-state index contributed by atoms with van der Waals surface area (Å²) in [5, 5.41) is 12.8. The normalized spacial score (nSPS) is 17.9.